The smallest absolute Gasteiger partial charge is 0.354 e. The van der Waals surface area contributed by atoms with Crippen LogP contribution in [0, 0.1) is 0 Å². The minimum absolute atomic E-state index is 0.118. The molecular weight excluding hydrogens is 242 g/mol. The van der Waals surface area contributed by atoms with Gasteiger partial charge >= 0.3 is 5.97 Å². The lowest BCUT2D eigenvalue weighted by Crippen LogP contribution is -1.99. The van der Waals surface area contributed by atoms with Crippen molar-refractivity contribution >= 4 is 29.5 Å². The summed E-state index contributed by atoms with van der Waals surface area (Å²) in [5.74, 6) is 2.38. The van der Waals surface area contributed by atoms with Gasteiger partial charge in [-0.3, -0.25) is 0 Å². The number of hydrogen-bond acceptors (Lipinski definition) is 4. The van der Waals surface area contributed by atoms with E-state index in [9.17, 15) is 4.79 Å². The van der Waals surface area contributed by atoms with E-state index in [1.165, 1.54) is 5.75 Å². The van der Waals surface area contributed by atoms with Gasteiger partial charge in [-0.1, -0.05) is 6.92 Å². The number of carboxylic acid groups (broad SMARTS) is 1. The summed E-state index contributed by atoms with van der Waals surface area (Å²) >= 11 is 3.62. The van der Waals surface area contributed by atoms with Crippen molar-refractivity contribution in [1.29, 1.82) is 0 Å². The van der Waals surface area contributed by atoms with Gasteiger partial charge in [-0.25, -0.2) is 9.78 Å². The molecule has 0 bridgehead atoms. The fourth-order valence-corrected chi connectivity index (χ4v) is 2.81. The van der Waals surface area contributed by atoms with Crippen LogP contribution in [0.2, 0.25) is 0 Å². The zero-order valence-electron chi connectivity index (χ0n) is 9.18. The maximum Gasteiger partial charge on any atom is 0.354 e. The predicted octanol–water partition coefficient (Wildman–Crippen LogP) is 3.02. The van der Waals surface area contributed by atoms with Crippen LogP contribution in [0.4, 0.5) is 0 Å². The zero-order valence-corrected chi connectivity index (χ0v) is 10.8. The molecule has 1 heterocycles. The van der Waals surface area contributed by atoms with Gasteiger partial charge in [-0.15, -0.1) is 11.8 Å². The van der Waals surface area contributed by atoms with Crippen LogP contribution in [0.25, 0.3) is 0 Å². The van der Waals surface area contributed by atoms with E-state index in [2.05, 4.69) is 11.9 Å². The Morgan fingerprint density at radius 1 is 1.50 bits per heavy atom. The van der Waals surface area contributed by atoms with Gasteiger partial charge in [0.2, 0.25) is 0 Å². The van der Waals surface area contributed by atoms with Crippen molar-refractivity contribution in [2.75, 3.05) is 17.3 Å². The van der Waals surface area contributed by atoms with E-state index in [-0.39, 0.29) is 5.69 Å². The molecule has 1 aromatic rings. The molecule has 0 aromatic carbocycles. The molecule has 0 aliphatic carbocycles. The highest BCUT2D eigenvalue weighted by atomic mass is 32.2. The van der Waals surface area contributed by atoms with Crippen molar-refractivity contribution < 1.29 is 9.90 Å². The highest BCUT2D eigenvalue weighted by molar-refractivity contribution is 8.00. The van der Waals surface area contributed by atoms with Crippen LogP contribution in [-0.2, 0) is 0 Å². The lowest BCUT2D eigenvalue weighted by molar-refractivity contribution is 0.0690. The zero-order chi connectivity index (χ0) is 11.8. The number of thioether (sulfide) groups is 2. The predicted molar refractivity (Wildman–Crippen MR) is 69.5 cm³/mol. The summed E-state index contributed by atoms with van der Waals surface area (Å²) in [6.45, 7) is 2.15. The van der Waals surface area contributed by atoms with Crippen LogP contribution < -0.4 is 0 Å². The number of hydrogen-bond donors (Lipinski definition) is 1. The highest BCUT2D eigenvalue weighted by Gasteiger charge is 2.04. The lowest BCUT2D eigenvalue weighted by Gasteiger charge is -2.02. The number of aromatic nitrogens is 1. The van der Waals surface area contributed by atoms with Crippen molar-refractivity contribution in [3.05, 3.63) is 24.0 Å². The maximum absolute atomic E-state index is 10.7. The molecule has 0 radical (unpaired) electrons. The van der Waals surface area contributed by atoms with Gasteiger partial charge < -0.3 is 5.11 Å². The maximum atomic E-state index is 10.7. The number of aromatic carboxylic acids is 1. The van der Waals surface area contributed by atoms with Gasteiger partial charge in [0.25, 0.3) is 0 Å². The summed E-state index contributed by atoms with van der Waals surface area (Å²) in [6, 6.07) is 3.48. The van der Waals surface area contributed by atoms with E-state index in [1.54, 1.807) is 24.0 Å². The molecule has 3 nitrogen and oxygen atoms in total. The molecule has 1 N–H and O–H groups in total. The molecule has 0 fully saturated rings. The first-order chi connectivity index (χ1) is 7.74. The van der Waals surface area contributed by atoms with Crippen LogP contribution in [-0.4, -0.2) is 33.3 Å². The summed E-state index contributed by atoms with van der Waals surface area (Å²) < 4.78 is 0. The minimum atomic E-state index is -0.969. The summed E-state index contributed by atoms with van der Waals surface area (Å²) in [5, 5.41) is 8.78. The standard InChI is InChI=1S/C11H15NO2S2/c1-2-15-6-3-7-16-9-4-5-12-10(8-9)11(13)14/h4-5,8H,2-3,6-7H2,1H3,(H,13,14). The second-order valence-electron chi connectivity index (χ2n) is 3.08. The van der Waals surface area contributed by atoms with Gasteiger partial charge in [0.1, 0.15) is 5.69 Å². The number of carbonyl (C=O) groups is 1. The van der Waals surface area contributed by atoms with E-state index >= 15 is 0 Å². The molecule has 0 saturated heterocycles. The molecule has 0 aliphatic rings. The third kappa shape index (κ3) is 4.90. The first-order valence-corrected chi connectivity index (χ1v) is 7.28. The summed E-state index contributed by atoms with van der Waals surface area (Å²) in [7, 11) is 0. The average Bonchev–Trinajstić information content (AvgIpc) is 2.29. The third-order valence-electron chi connectivity index (χ3n) is 1.86. The van der Waals surface area contributed by atoms with Crippen LogP contribution in [0.1, 0.15) is 23.8 Å². The van der Waals surface area contributed by atoms with Crippen LogP contribution >= 0.6 is 23.5 Å². The van der Waals surface area contributed by atoms with E-state index in [1.807, 2.05) is 17.8 Å². The minimum Gasteiger partial charge on any atom is -0.477 e. The molecule has 0 amide bonds. The molecule has 5 heteroatoms. The molecule has 0 atom stereocenters. The Labute approximate surface area is 104 Å². The number of pyridine rings is 1. The number of rotatable bonds is 7. The quantitative estimate of drug-likeness (QED) is 0.601. The van der Waals surface area contributed by atoms with Gasteiger partial charge in [0.05, 0.1) is 0 Å². The molecule has 1 rings (SSSR count). The van der Waals surface area contributed by atoms with E-state index in [4.69, 9.17) is 5.11 Å². The first kappa shape index (κ1) is 13.4. The molecular formula is C11H15NO2S2. The second kappa shape index (κ2) is 7.57. The van der Waals surface area contributed by atoms with Crippen molar-refractivity contribution in [3.63, 3.8) is 0 Å². The monoisotopic (exact) mass is 257 g/mol. The fraction of sp³-hybridized carbons (Fsp3) is 0.455. The van der Waals surface area contributed by atoms with Crippen LogP contribution in [0.3, 0.4) is 0 Å². The summed E-state index contributed by atoms with van der Waals surface area (Å²) in [6.07, 6.45) is 2.69. The molecule has 88 valence electrons. The van der Waals surface area contributed by atoms with Crippen molar-refractivity contribution in [3.8, 4) is 0 Å². The third-order valence-corrected chi connectivity index (χ3v) is 3.92. The average molecular weight is 257 g/mol. The lowest BCUT2D eigenvalue weighted by atomic mass is 10.3. The SMILES string of the molecule is CCSCCCSc1ccnc(C(=O)O)c1. The topological polar surface area (TPSA) is 50.2 Å². The summed E-state index contributed by atoms with van der Waals surface area (Å²) in [5.41, 5.74) is 0.118. The van der Waals surface area contributed by atoms with Crippen molar-refractivity contribution in [1.82, 2.24) is 4.98 Å². The van der Waals surface area contributed by atoms with E-state index in [0.717, 1.165) is 22.8 Å². The molecule has 16 heavy (non-hydrogen) atoms. The normalized spacial score (nSPS) is 10.3. The molecule has 0 spiro atoms. The highest BCUT2D eigenvalue weighted by Crippen LogP contribution is 2.19. The van der Waals surface area contributed by atoms with Gasteiger partial charge in [-0.05, 0) is 35.8 Å². The Morgan fingerprint density at radius 3 is 3.00 bits per heavy atom. The molecule has 0 unspecified atom stereocenters. The summed E-state index contributed by atoms with van der Waals surface area (Å²) in [4.78, 5) is 15.5. The van der Waals surface area contributed by atoms with Gasteiger partial charge in [-0.2, -0.15) is 11.8 Å². The van der Waals surface area contributed by atoms with E-state index in [0.29, 0.717) is 0 Å². The van der Waals surface area contributed by atoms with Crippen molar-refractivity contribution in [2.24, 2.45) is 0 Å². The van der Waals surface area contributed by atoms with E-state index < -0.39 is 5.97 Å². The Hall–Kier alpha value is -0.680. The van der Waals surface area contributed by atoms with Gasteiger partial charge in [0.15, 0.2) is 0 Å². The fourth-order valence-electron chi connectivity index (χ4n) is 1.11. The Kier molecular flexibility index (Phi) is 6.33. The number of nitrogens with zero attached hydrogens (tertiary/aromatic N) is 1. The molecule has 0 saturated carbocycles. The second-order valence-corrected chi connectivity index (χ2v) is 5.64. The molecule has 0 aliphatic heterocycles. The van der Waals surface area contributed by atoms with Crippen LogP contribution in [0.5, 0.6) is 0 Å². The Bertz CT molecular complexity index is 345. The first-order valence-electron chi connectivity index (χ1n) is 5.14. The Balaban J connectivity index is 2.36. The number of carboxylic acids is 1. The Morgan fingerprint density at radius 2 is 2.31 bits per heavy atom. The molecule has 1 aromatic heterocycles. The largest absolute Gasteiger partial charge is 0.477 e. The van der Waals surface area contributed by atoms with Gasteiger partial charge in [0, 0.05) is 11.1 Å². The van der Waals surface area contributed by atoms with Crippen molar-refractivity contribution in [2.45, 2.75) is 18.2 Å². The van der Waals surface area contributed by atoms with Crippen LogP contribution in [0.15, 0.2) is 23.2 Å².